The predicted octanol–water partition coefficient (Wildman–Crippen LogP) is 5.60. The first-order valence-corrected chi connectivity index (χ1v) is 13.0. The second-order valence-electron chi connectivity index (χ2n) is 7.90. The minimum Gasteiger partial charge on any atom is -0.494 e. The normalized spacial score (nSPS) is 11.8. The zero-order chi connectivity index (χ0) is 24.8. The number of hydrogen-bond donors (Lipinski definition) is 0. The van der Waals surface area contributed by atoms with Gasteiger partial charge in [0.05, 0.1) is 24.5 Å². The number of carbonyl (C=O) groups excluding carboxylic acids is 1. The van der Waals surface area contributed by atoms with Gasteiger partial charge in [0.1, 0.15) is 10.8 Å². The summed E-state index contributed by atoms with van der Waals surface area (Å²) in [4.78, 5) is 24.2. The van der Waals surface area contributed by atoms with Gasteiger partial charge in [-0.15, -0.1) is 0 Å². The highest BCUT2D eigenvalue weighted by atomic mass is 32.2. The van der Waals surface area contributed by atoms with Crippen LogP contribution >= 0.6 is 11.8 Å². The molecule has 0 spiro atoms. The van der Waals surface area contributed by atoms with Gasteiger partial charge in [0.25, 0.3) is 0 Å². The Bertz CT molecular complexity index is 1180. The van der Waals surface area contributed by atoms with Gasteiger partial charge in [0, 0.05) is 30.6 Å². The average Bonchev–Trinajstić information content (AvgIpc) is 2.88. The summed E-state index contributed by atoms with van der Waals surface area (Å²) in [6.07, 6.45) is 0.608. The SMILES string of the molecule is CCOc1ccc(-c2nc3c(c(SCC(=O)N(CC)CC)n2)Cc2cccc(OCC)c2O3)cc1. The van der Waals surface area contributed by atoms with E-state index >= 15 is 0 Å². The van der Waals surface area contributed by atoms with Gasteiger partial charge in [0.2, 0.25) is 11.8 Å². The number of hydrogen-bond acceptors (Lipinski definition) is 7. The van der Waals surface area contributed by atoms with Crippen LogP contribution in [0, 0.1) is 0 Å². The van der Waals surface area contributed by atoms with Crippen molar-refractivity contribution >= 4 is 17.7 Å². The first-order valence-electron chi connectivity index (χ1n) is 12.0. The standard InChI is InChI=1S/C27H31N3O4S/c1-5-30(6-2)23(31)17-35-27-21-16-19-10-9-11-22(33-8-4)24(19)34-26(21)28-25(29-27)18-12-14-20(15-13-18)32-7-3/h9-15H,5-8,16-17H2,1-4H3. The molecular formula is C27H31N3O4S. The Labute approximate surface area is 210 Å². The van der Waals surface area contributed by atoms with E-state index in [0.29, 0.717) is 61.7 Å². The zero-order valence-electron chi connectivity index (χ0n) is 20.7. The van der Waals surface area contributed by atoms with Crippen LogP contribution in [0.25, 0.3) is 11.4 Å². The van der Waals surface area contributed by atoms with Crippen LogP contribution in [0.2, 0.25) is 0 Å². The van der Waals surface area contributed by atoms with E-state index in [1.807, 2.05) is 75.1 Å². The maximum atomic E-state index is 12.7. The molecule has 2 aromatic carbocycles. The molecule has 1 amide bonds. The quantitative estimate of drug-likeness (QED) is 0.210. The van der Waals surface area contributed by atoms with Crippen LogP contribution in [0.3, 0.4) is 0 Å². The number of para-hydroxylation sites is 1. The molecule has 184 valence electrons. The van der Waals surface area contributed by atoms with Gasteiger partial charge in [0.15, 0.2) is 17.3 Å². The average molecular weight is 494 g/mol. The maximum absolute atomic E-state index is 12.7. The van der Waals surface area contributed by atoms with E-state index in [9.17, 15) is 4.79 Å². The van der Waals surface area contributed by atoms with Crippen LogP contribution in [-0.2, 0) is 11.2 Å². The van der Waals surface area contributed by atoms with Crippen molar-refractivity contribution in [3.8, 4) is 34.5 Å². The summed E-state index contributed by atoms with van der Waals surface area (Å²) in [7, 11) is 0. The number of carbonyl (C=O) groups is 1. The third kappa shape index (κ3) is 5.53. The fourth-order valence-electron chi connectivity index (χ4n) is 3.97. The molecule has 3 aromatic rings. The van der Waals surface area contributed by atoms with E-state index < -0.39 is 0 Å². The maximum Gasteiger partial charge on any atom is 0.232 e. The van der Waals surface area contributed by atoms with Gasteiger partial charge in [-0.1, -0.05) is 23.9 Å². The van der Waals surface area contributed by atoms with Crippen LogP contribution in [0.15, 0.2) is 47.5 Å². The van der Waals surface area contributed by atoms with Crippen LogP contribution in [0.1, 0.15) is 38.8 Å². The Kier molecular flexibility index (Phi) is 8.13. The van der Waals surface area contributed by atoms with E-state index in [1.165, 1.54) is 11.8 Å². The molecule has 0 fully saturated rings. The van der Waals surface area contributed by atoms with Crippen LogP contribution in [0.4, 0.5) is 0 Å². The number of fused-ring (bicyclic) bond motifs is 2. The van der Waals surface area contributed by atoms with Gasteiger partial charge in [-0.05, 0) is 58.0 Å². The molecule has 1 aliphatic heterocycles. The summed E-state index contributed by atoms with van der Waals surface area (Å²) < 4.78 is 17.7. The lowest BCUT2D eigenvalue weighted by Gasteiger charge is -2.24. The van der Waals surface area contributed by atoms with Crippen molar-refractivity contribution in [1.29, 1.82) is 0 Å². The van der Waals surface area contributed by atoms with Crippen LogP contribution in [-0.4, -0.2) is 52.8 Å². The number of amides is 1. The van der Waals surface area contributed by atoms with E-state index in [2.05, 4.69) is 0 Å². The smallest absolute Gasteiger partial charge is 0.232 e. The van der Waals surface area contributed by atoms with Crippen molar-refractivity contribution < 1.29 is 19.0 Å². The molecule has 0 radical (unpaired) electrons. The molecule has 2 heterocycles. The number of nitrogens with zero attached hydrogens (tertiary/aromatic N) is 3. The molecule has 1 aliphatic rings. The largest absolute Gasteiger partial charge is 0.494 e. The lowest BCUT2D eigenvalue weighted by atomic mass is 10.0. The van der Waals surface area contributed by atoms with Crippen molar-refractivity contribution in [2.24, 2.45) is 0 Å². The molecule has 7 nitrogen and oxygen atoms in total. The molecule has 0 saturated heterocycles. The summed E-state index contributed by atoms with van der Waals surface area (Å²) in [6, 6.07) is 13.6. The van der Waals surface area contributed by atoms with Crippen LogP contribution in [0.5, 0.6) is 23.1 Å². The van der Waals surface area contributed by atoms with Gasteiger partial charge in [-0.3, -0.25) is 4.79 Å². The number of rotatable bonds is 10. The van der Waals surface area contributed by atoms with Crippen LogP contribution < -0.4 is 14.2 Å². The Morgan fingerprint density at radius 1 is 1.00 bits per heavy atom. The van der Waals surface area contributed by atoms with Crippen molar-refractivity contribution in [2.45, 2.75) is 39.1 Å². The van der Waals surface area contributed by atoms with Gasteiger partial charge >= 0.3 is 0 Å². The van der Waals surface area contributed by atoms with Crippen molar-refractivity contribution in [1.82, 2.24) is 14.9 Å². The fraction of sp³-hybridized carbons (Fsp3) is 0.370. The molecule has 0 unspecified atom stereocenters. The summed E-state index contributed by atoms with van der Waals surface area (Å²) in [5.41, 5.74) is 2.75. The Morgan fingerprint density at radius 3 is 2.43 bits per heavy atom. The Balaban J connectivity index is 1.72. The highest BCUT2D eigenvalue weighted by Crippen LogP contribution is 2.44. The van der Waals surface area contributed by atoms with Gasteiger partial charge in [-0.25, -0.2) is 4.98 Å². The van der Waals surface area contributed by atoms with Gasteiger partial charge < -0.3 is 19.1 Å². The molecule has 4 rings (SSSR count). The van der Waals surface area contributed by atoms with Crippen molar-refractivity contribution in [2.75, 3.05) is 32.1 Å². The van der Waals surface area contributed by atoms with E-state index in [0.717, 1.165) is 27.5 Å². The molecule has 0 atom stereocenters. The number of ether oxygens (including phenoxy) is 3. The second-order valence-corrected chi connectivity index (χ2v) is 8.87. The number of aromatic nitrogens is 2. The highest BCUT2D eigenvalue weighted by Gasteiger charge is 2.27. The minimum atomic E-state index is 0.0886. The lowest BCUT2D eigenvalue weighted by molar-refractivity contribution is -0.127. The lowest BCUT2D eigenvalue weighted by Crippen LogP contribution is -2.31. The Morgan fingerprint density at radius 2 is 1.74 bits per heavy atom. The first-order chi connectivity index (χ1) is 17.1. The van der Waals surface area contributed by atoms with E-state index in [1.54, 1.807) is 0 Å². The summed E-state index contributed by atoms with van der Waals surface area (Å²) >= 11 is 1.43. The third-order valence-corrected chi connectivity index (χ3v) is 6.73. The Hall–Kier alpha value is -3.26. The highest BCUT2D eigenvalue weighted by molar-refractivity contribution is 7.99. The summed E-state index contributed by atoms with van der Waals surface area (Å²) in [5.74, 6) is 3.62. The fourth-order valence-corrected chi connectivity index (χ4v) is 4.89. The first kappa shape index (κ1) is 24.9. The molecule has 1 aromatic heterocycles. The predicted molar refractivity (Wildman–Crippen MR) is 138 cm³/mol. The zero-order valence-corrected chi connectivity index (χ0v) is 21.5. The number of thioether (sulfide) groups is 1. The summed E-state index contributed by atoms with van der Waals surface area (Å²) in [5, 5.41) is 0.756. The molecule has 0 aliphatic carbocycles. The molecule has 35 heavy (non-hydrogen) atoms. The summed E-state index contributed by atoms with van der Waals surface area (Å²) in [6.45, 7) is 10.4. The monoisotopic (exact) mass is 493 g/mol. The van der Waals surface area contributed by atoms with Crippen molar-refractivity contribution in [3.05, 3.63) is 53.6 Å². The van der Waals surface area contributed by atoms with E-state index in [-0.39, 0.29) is 5.91 Å². The molecule has 0 bridgehead atoms. The van der Waals surface area contributed by atoms with Gasteiger partial charge in [-0.2, -0.15) is 4.98 Å². The molecule has 8 heteroatoms. The topological polar surface area (TPSA) is 73.8 Å². The number of benzene rings is 2. The third-order valence-electron chi connectivity index (χ3n) is 5.73. The minimum absolute atomic E-state index is 0.0886. The second kappa shape index (κ2) is 11.4. The molecule has 0 N–H and O–H groups in total. The molecule has 0 saturated carbocycles. The van der Waals surface area contributed by atoms with E-state index in [4.69, 9.17) is 24.2 Å². The van der Waals surface area contributed by atoms with Crippen molar-refractivity contribution in [3.63, 3.8) is 0 Å². The molecular weight excluding hydrogens is 462 g/mol.